The van der Waals surface area contributed by atoms with E-state index >= 15 is 4.39 Å². The second-order valence-corrected chi connectivity index (χ2v) is 7.81. The third-order valence-electron chi connectivity index (χ3n) is 5.30. The van der Waals surface area contributed by atoms with E-state index in [0.29, 0.717) is 25.8 Å². The summed E-state index contributed by atoms with van der Waals surface area (Å²) in [5.74, 6) is -5.55. The number of anilines is 2. The normalized spacial score (nSPS) is 17.1. The maximum Gasteiger partial charge on any atom is 0.425 e. The molecule has 2 aromatic carbocycles. The molecule has 1 heterocycles. The van der Waals surface area contributed by atoms with E-state index in [4.69, 9.17) is 4.74 Å². The van der Waals surface area contributed by atoms with Gasteiger partial charge in [0.15, 0.2) is 6.10 Å². The minimum absolute atomic E-state index is 0.501. The molecule has 7 nitrogen and oxygen atoms in total. The summed E-state index contributed by atoms with van der Waals surface area (Å²) in [7, 11) is 1.46. The van der Waals surface area contributed by atoms with E-state index in [0.717, 1.165) is 29.3 Å². The van der Waals surface area contributed by atoms with Gasteiger partial charge >= 0.3 is 12.2 Å². The molecular formula is C22H22F6N4O3. The van der Waals surface area contributed by atoms with Crippen molar-refractivity contribution in [1.29, 1.82) is 0 Å². The van der Waals surface area contributed by atoms with Crippen LogP contribution in [0.5, 0.6) is 5.75 Å². The first-order valence-corrected chi connectivity index (χ1v) is 10.5. The first-order valence-electron chi connectivity index (χ1n) is 10.5. The van der Waals surface area contributed by atoms with Crippen molar-refractivity contribution in [2.75, 3.05) is 17.4 Å². The number of hydrogen-bond acceptors (Lipinski definition) is 4. The van der Waals surface area contributed by atoms with Crippen LogP contribution in [0, 0.1) is 17.5 Å². The van der Waals surface area contributed by atoms with Crippen LogP contribution in [-0.2, 0) is 0 Å². The van der Waals surface area contributed by atoms with E-state index in [1.54, 1.807) is 0 Å². The van der Waals surface area contributed by atoms with Crippen molar-refractivity contribution >= 4 is 23.3 Å². The van der Waals surface area contributed by atoms with Crippen LogP contribution in [0.25, 0.3) is 0 Å². The van der Waals surface area contributed by atoms with E-state index in [1.807, 2.05) is 12.2 Å². The molecule has 0 aromatic heterocycles. The number of para-hydroxylation sites is 1. The Kier molecular flexibility index (Phi) is 7.48. The number of halogens is 6. The zero-order valence-electron chi connectivity index (χ0n) is 18.8. The highest BCUT2D eigenvalue weighted by atomic mass is 19.4. The number of hydrazine groups is 1. The molecule has 190 valence electrons. The molecule has 1 aliphatic heterocycles. The number of carbonyl (C=O) groups excluding carboxylic acids is 2. The number of urea groups is 1. The summed E-state index contributed by atoms with van der Waals surface area (Å²) in [6.45, 7) is 2.52. The summed E-state index contributed by atoms with van der Waals surface area (Å²) < 4.78 is 87.4. The number of ether oxygens (including phenoxy) is 1. The van der Waals surface area contributed by atoms with Gasteiger partial charge in [-0.15, -0.1) is 0 Å². The minimum Gasteiger partial charge on any atom is -0.480 e. The Balaban J connectivity index is 2.04. The molecule has 0 radical (unpaired) electrons. The molecule has 35 heavy (non-hydrogen) atoms. The lowest BCUT2D eigenvalue weighted by Crippen LogP contribution is -2.38. The van der Waals surface area contributed by atoms with Crippen LogP contribution in [0.3, 0.4) is 0 Å². The Bertz CT molecular complexity index is 1110. The second kappa shape index (κ2) is 10.0. The predicted molar refractivity (Wildman–Crippen MR) is 114 cm³/mol. The number of nitrogens with zero attached hydrogens (tertiary/aromatic N) is 2. The standard InChI is InChI=1S/C22H22F6N4O3/c1-4-6-18-30-32(21(34)31(18)3)16-10-17(35-11(2)22(26,27)28)12(9-15(16)25)20(33)29-19-13(23)7-5-8-14(19)24/h5,7-11,18,30H,4,6H2,1-3H3,(H,29,33)/t11-,18?/m0/s1. The Labute approximate surface area is 196 Å². The number of benzene rings is 2. The quantitative estimate of drug-likeness (QED) is 0.510. The van der Waals surface area contributed by atoms with E-state index in [9.17, 15) is 31.5 Å². The van der Waals surface area contributed by atoms with Crippen molar-refractivity contribution in [3.05, 3.63) is 53.3 Å². The van der Waals surface area contributed by atoms with Gasteiger partial charge in [-0.05, 0) is 31.5 Å². The van der Waals surface area contributed by atoms with Crippen LogP contribution in [0.1, 0.15) is 37.0 Å². The zero-order valence-corrected chi connectivity index (χ0v) is 18.8. The third-order valence-corrected chi connectivity index (χ3v) is 5.30. The second-order valence-electron chi connectivity index (χ2n) is 7.81. The lowest BCUT2D eigenvalue weighted by atomic mass is 10.1. The fourth-order valence-corrected chi connectivity index (χ4v) is 3.33. The number of amides is 3. The highest BCUT2D eigenvalue weighted by Gasteiger charge is 2.40. The highest BCUT2D eigenvalue weighted by molar-refractivity contribution is 6.07. The molecule has 1 aliphatic rings. The van der Waals surface area contributed by atoms with Crippen LogP contribution in [0.15, 0.2) is 30.3 Å². The molecule has 0 saturated carbocycles. The van der Waals surface area contributed by atoms with Crippen LogP contribution in [0.4, 0.5) is 42.5 Å². The molecule has 2 aromatic rings. The number of carbonyl (C=O) groups is 2. The summed E-state index contributed by atoms with van der Waals surface area (Å²) >= 11 is 0. The molecule has 0 bridgehead atoms. The summed E-state index contributed by atoms with van der Waals surface area (Å²) in [6, 6.07) is 3.32. The number of rotatable bonds is 7. The molecule has 3 amide bonds. The van der Waals surface area contributed by atoms with Crippen molar-refractivity contribution < 1.29 is 40.7 Å². The van der Waals surface area contributed by atoms with Gasteiger partial charge in [-0.3, -0.25) is 4.79 Å². The molecule has 2 atom stereocenters. The number of alkyl halides is 3. The Morgan fingerprint density at radius 1 is 1.17 bits per heavy atom. The largest absolute Gasteiger partial charge is 0.480 e. The van der Waals surface area contributed by atoms with E-state index < -0.39 is 70.5 Å². The van der Waals surface area contributed by atoms with Gasteiger partial charge in [0.1, 0.15) is 40.7 Å². The number of nitrogens with one attached hydrogen (secondary N) is 2. The zero-order chi connectivity index (χ0) is 26.1. The predicted octanol–water partition coefficient (Wildman–Crippen LogP) is 5.19. The van der Waals surface area contributed by atoms with Gasteiger partial charge in [0.05, 0.1) is 5.56 Å². The van der Waals surface area contributed by atoms with Crippen LogP contribution >= 0.6 is 0 Å². The lowest BCUT2D eigenvalue weighted by Gasteiger charge is -2.22. The third kappa shape index (κ3) is 5.45. The first kappa shape index (κ1) is 26.1. The van der Waals surface area contributed by atoms with Crippen molar-refractivity contribution in [3.8, 4) is 5.75 Å². The van der Waals surface area contributed by atoms with Crippen molar-refractivity contribution in [2.24, 2.45) is 0 Å². The van der Waals surface area contributed by atoms with Crippen molar-refractivity contribution in [3.63, 3.8) is 0 Å². The van der Waals surface area contributed by atoms with E-state index in [1.165, 1.54) is 11.9 Å². The molecular weight excluding hydrogens is 482 g/mol. The van der Waals surface area contributed by atoms with Gasteiger partial charge in [0.25, 0.3) is 5.91 Å². The fourth-order valence-electron chi connectivity index (χ4n) is 3.33. The molecule has 2 N–H and O–H groups in total. The first-order chi connectivity index (χ1) is 16.3. The summed E-state index contributed by atoms with van der Waals surface area (Å²) in [6.07, 6.45) is -6.61. The maximum absolute atomic E-state index is 15.1. The molecule has 3 rings (SSSR count). The Hall–Kier alpha value is -3.48. The average Bonchev–Trinajstić information content (AvgIpc) is 3.05. The summed E-state index contributed by atoms with van der Waals surface area (Å²) in [5.41, 5.74) is 0.608. The minimum atomic E-state index is -4.85. The lowest BCUT2D eigenvalue weighted by molar-refractivity contribution is -0.189. The van der Waals surface area contributed by atoms with Gasteiger partial charge in [-0.25, -0.2) is 28.4 Å². The average molecular weight is 504 g/mol. The monoisotopic (exact) mass is 504 g/mol. The summed E-state index contributed by atoms with van der Waals surface area (Å²) in [5, 5.41) is 2.67. The Morgan fingerprint density at radius 3 is 2.37 bits per heavy atom. The molecule has 0 spiro atoms. The molecule has 0 aliphatic carbocycles. The van der Waals surface area contributed by atoms with E-state index in [2.05, 4.69) is 5.43 Å². The van der Waals surface area contributed by atoms with Gasteiger partial charge < -0.3 is 15.0 Å². The van der Waals surface area contributed by atoms with Gasteiger partial charge in [0.2, 0.25) is 0 Å². The van der Waals surface area contributed by atoms with Crippen LogP contribution < -0.4 is 20.5 Å². The van der Waals surface area contributed by atoms with Crippen LogP contribution in [0.2, 0.25) is 0 Å². The molecule has 13 heteroatoms. The van der Waals surface area contributed by atoms with E-state index in [-0.39, 0.29) is 0 Å². The van der Waals surface area contributed by atoms with Gasteiger partial charge in [0, 0.05) is 13.1 Å². The fraction of sp³-hybridized carbons (Fsp3) is 0.364. The molecule has 1 saturated heterocycles. The molecule has 1 unspecified atom stereocenters. The summed E-state index contributed by atoms with van der Waals surface area (Å²) in [4.78, 5) is 26.6. The van der Waals surface area contributed by atoms with Gasteiger partial charge in [-0.1, -0.05) is 19.4 Å². The maximum atomic E-state index is 15.1. The van der Waals surface area contributed by atoms with Crippen molar-refractivity contribution in [1.82, 2.24) is 10.3 Å². The van der Waals surface area contributed by atoms with Crippen LogP contribution in [-0.4, -0.2) is 42.3 Å². The molecule has 1 fully saturated rings. The number of hydrogen-bond donors (Lipinski definition) is 2. The smallest absolute Gasteiger partial charge is 0.425 e. The highest BCUT2D eigenvalue weighted by Crippen LogP contribution is 2.35. The van der Waals surface area contributed by atoms with Crippen molar-refractivity contribution in [2.45, 2.75) is 45.1 Å². The van der Waals surface area contributed by atoms with Gasteiger partial charge in [-0.2, -0.15) is 13.2 Å². The SMILES string of the molecule is CCCC1NN(c2cc(O[C@@H](C)C(F)(F)F)c(C(=O)Nc3c(F)cccc3F)cc2F)C(=O)N1C. The Morgan fingerprint density at radius 2 is 1.80 bits per heavy atom. The topological polar surface area (TPSA) is 73.9 Å².